The van der Waals surface area contributed by atoms with Crippen LogP contribution in [0, 0.1) is 5.82 Å². The van der Waals surface area contributed by atoms with Crippen molar-refractivity contribution < 1.29 is 8.94 Å². The first kappa shape index (κ1) is 16.0. The number of nitrogens with zero attached hydrogens (tertiary/aromatic N) is 1. The molecule has 1 aliphatic heterocycles. The fourth-order valence-corrected chi connectivity index (χ4v) is 4.64. The van der Waals surface area contributed by atoms with E-state index in [4.69, 9.17) is 0 Å². The van der Waals surface area contributed by atoms with Crippen LogP contribution in [0.2, 0.25) is 0 Å². The van der Waals surface area contributed by atoms with Crippen LogP contribution >= 0.6 is 11.9 Å². The van der Waals surface area contributed by atoms with Crippen LogP contribution in [-0.2, 0) is 17.7 Å². The van der Waals surface area contributed by atoms with E-state index in [2.05, 4.69) is 27.5 Å². The van der Waals surface area contributed by atoms with Crippen LogP contribution < -0.4 is 0 Å². The van der Waals surface area contributed by atoms with Crippen LogP contribution in [-0.4, -0.2) is 32.4 Å². The second-order valence-corrected chi connectivity index (χ2v) is 8.64. The van der Waals surface area contributed by atoms with Gasteiger partial charge in [-0.1, -0.05) is 17.2 Å². The molecular formula is C18H17FN2OS2. The highest BCUT2D eigenvalue weighted by molar-refractivity contribution is 7.97. The third-order valence-electron chi connectivity index (χ3n) is 4.22. The number of hydrogen-bond donors (Lipinski definition) is 1. The summed E-state index contributed by atoms with van der Waals surface area (Å²) in [6.07, 6.45) is 3.68. The zero-order chi connectivity index (χ0) is 16.7. The topological polar surface area (TPSA) is 42.1 Å². The van der Waals surface area contributed by atoms with Crippen molar-refractivity contribution in [3.8, 4) is 11.1 Å². The molecule has 2 aromatic carbocycles. The molecule has 6 heteroatoms. The summed E-state index contributed by atoms with van der Waals surface area (Å²) >= 11 is 0.968. The maximum absolute atomic E-state index is 13.4. The molecule has 1 aromatic heterocycles. The van der Waals surface area contributed by atoms with Crippen molar-refractivity contribution in [2.75, 3.05) is 18.6 Å². The quantitative estimate of drug-likeness (QED) is 0.561. The van der Waals surface area contributed by atoms with Crippen LogP contribution in [0.1, 0.15) is 5.56 Å². The molecule has 2 heterocycles. The molecule has 0 bridgehead atoms. The van der Waals surface area contributed by atoms with E-state index in [0.717, 1.165) is 35.1 Å². The Morgan fingerprint density at radius 3 is 3.00 bits per heavy atom. The van der Waals surface area contributed by atoms with Crippen molar-refractivity contribution in [1.29, 1.82) is 0 Å². The van der Waals surface area contributed by atoms with Gasteiger partial charge in [0.05, 0.1) is 12.8 Å². The van der Waals surface area contributed by atoms with Gasteiger partial charge in [-0.25, -0.2) is 8.70 Å². The molecule has 0 saturated carbocycles. The first-order valence-corrected chi connectivity index (χ1v) is 10.2. The lowest BCUT2D eigenvalue weighted by Crippen LogP contribution is -2.19. The van der Waals surface area contributed by atoms with Crippen molar-refractivity contribution in [2.24, 2.45) is 0 Å². The molecule has 0 aliphatic carbocycles. The van der Waals surface area contributed by atoms with Gasteiger partial charge in [0.25, 0.3) is 0 Å². The van der Waals surface area contributed by atoms with E-state index in [1.807, 2.05) is 12.3 Å². The Balaban J connectivity index is 1.62. The molecule has 24 heavy (non-hydrogen) atoms. The maximum atomic E-state index is 13.4. The van der Waals surface area contributed by atoms with E-state index in [1.165, 1.54) is 22.6 Å². The zero-order valence-electron chi connectivity index (χ0n) is 13.2. The number of nitrogens with one attached hydrogen (secondary N) is 1. The van der Waals surface area contributed by atoms with E-state index in [-0.39, 0.29) is 5.82 Å². The van der Waals surface area contributed by atoms with Crippen LogP contribution in [0.3, 0.4) is 0 Å². The number of H-pyrrole nitrogens is 1. The molecule has 0 saturated heterocycles. The fraction of sp³-hybridized carbons (Fsp3) is 0.222. The largest absolute Gasteiger partial charge is 0.617 e. The summed E-state index contributed by atoms with van der Waals surface area (Å²) < 4.78 is 26.9. The van der Waals surface area contributed by atoms with Gasteiger partial charge in [-0.05, 0) is 53.4 Å². The lowest BCUT2D eigenvalue weighted by molar-refractivity contribution is 0.502. The molecule has 0 amide bonds. The van der Waals surface area contributed by atoms with Crippen LogP contribution in [0.4, 0.5) is 4.39 Å². The molecule has 124 valence electrons. The predicted molar refractivity (Wildman–Crippen MR) is 98.9 cm³/mol. The lowest BCUT2D eigenvalue weighted by atomic mass is 10.0. The number of aromatic nitrogens is 1. The van der Waals surface area contributed by atoms with Gasteiger partial charge < -0.3 is 9.54 Å². The van der Waals surface area contributed by atoms with E-state index < -0.39 is 11.2 Å². The molecule has 3 aromatic rings. The van der Waals surface area contributed by atoms with E-state index in [9.17, 15) is 8.94 Å². The van der Waals surface area contributed by atoms with Gasteiger partial charge >= 0.3 is 0 Å². The zero-order valence-corrected chi connectivity index (χ0v) is 14.8. The standard InChI is InChI=1S/C18H17FN2OS2/c1-24(22)7-6-21-11-13-8-12(2-5-18(13)23-21)16-10-20-17-9-14(19)3-4-15(16)17/h2-5,8-10,20H,6-7,11H2,1H3. The number of aromatic amines is 1. The minimum absolute atomic E-state index is 0.231. The van der Waals surface area contributed by atoms with Crippen molar-refractivity contribution in [3.63, 3.8) is 0 Å². The number of fused-ring (bicyclic) bond motifs is 2. The third kappa shape index (κ3) is 3.07. The summed E-state index contributed by atoms with van der Waals surface area (Å²) in [5.41, 5.74) is 4.32. The molecule has 0 spiro atoms. The van der Waals surface area contributed by atoms with E-state index in [0.29, 0.717) is 5.75 Å². The minimum Gasteiger partial charge on any atom is -0.617 e. The summed E-state index contributed by atoms with van der Waals surface area (Å²) in [7, 11) is 0. The monoisotopic (exact) mass is 360 g/mol. The summed E-state index contributed by atoms with van der Waals surface area (Å²) in [6.45, 7) is 1.69. The minimum atomic E-state index is -0.763. The van der Waals surface area contributed by atoms with E-state index in [1.54, 1.807) is 18.2 Å². The molecule has 1 aliphatic rings. The van der Waals surface area contributed by atoms with Gasteiger partial charge in [0.2, 0.25) is 0 Å². The first-order valence-electron chi connectivity index (χ1n) is 7.73. The van der Waals surface area contributed by atoms with Gasteiger partial charge in [0.1, 0.15) is 11.6 Å². The Bertz CT molecular complexity index is 894. The predicted octanol–water partition coefficient (Wildman–Crippen LogP) is 4.18. The Hall–Kier alpha value is -1.47. The Labute approximate surface area is 147 Å². The summed E-state index contributed by atoms with van der Waals surface area (Å²) in [6, 6.07) is 11.3. The van der Waals surface area contributed by atoms with Gasteiger partial charge in [-0.3, -0.25) is 0 Å². The Morgan fingerprint density at radius 1 is 1.29 bits per heavy atom. The lowest BCUT2D eigenvalue weighted by Gasteiger charge is -2.13. The van der Waals surface area contributed by atoms with Gasteiger partial charge in [-0.15, -0.1) is 0 Å². The first-order chi connectivity index (χ1) is 11.6. The van der Waals surface area contributed by atoms with Crippen molar-refractivity contribution in [1.82, 2.24) is 9.29 Å². The fourth-order valence-electron chi connectivity index (χ4n) is 3.01. The van der Waals surface area contributed by atoms with Gasteiger partial charge in [-0.2, -0.15) is 0 Å². The second-order valence-electron chi connectivity index (χ2n) is 5.95. The number of hydrogen-bond acceptors (Lipinski definition) is 3. The summed E-state index contributed by atoms with van der Waals surface area (Å²) in [5.74, 6) is 0.465. The van der Waals surface area contributed by atoms with Crippen LogP contribution in [0.25, 0.3) is 22.0 Å². The molecule has 1 atom stereocenters. The second kappa shape index (κ2) is 6.44. The summed E-state index contributed by atoms with van der Waals surface area (Å²) in [5, 5.41) is 1.03. The SMILES string of the molecule is C[S+]([O-])CCN1Cc2cc(-c3c[nH]c4cc(F)ccc34)ccc2S1. The highest BCUT2D eigenvalue weighted by atomic mass is 32.2. The number of rotatable bonds is 4. The van der Waals surface area contributed by atoms with Gasteiger partial charge in [0, 0.05) is 34.1 Å². The summed E-state index contributed by atoms with van der Waals surface area (Å²) in [4.78, 5) is 4.40. The highest BCUT2D eigenvalue weighted by Crippen LogP contribution is 2.39. The maximum Gasteiger partial charge on any atom is 0.125 e. The number of benzene rings is 2. The van der Waals surface area contributed by atoms with Crippen molar-refractivity contribution in [3.05, 3.63) is 54.0 Å². The molecular weight excluding hydrogens is 343 g/mol. The van der Waals surface area contributed by atoms with E-state index >= 15 is 0 Å². The smallest absolute Gasteiger partial charge is 0.125 e. The molecule has 0 fully saturated rings. The third-order valence-corrected chi connectivity index (χ3v) is 6.14. The molecule has 1 unspecified atom stereocenters. The van der Waals surface area contributed by atoms with Crippen LogP contribution in [0.15, 0.2) is 47.5 Å². The molecule has 1 N–H and O–H groups in total. The number of halogens is 1. The molecule has 4 rings (SSSR count). The van der Waals surface area contributed by atoms with Gasteiger partial charge in [0.15, 0.2) is 0 Å². The van der Waals surface area contributed by atoms with Crippen molar-refractivity contribution >= 4 is 34.0 Å². The highest BCUT2D eigenvalue weighted by Gasteiger charge is 2.21. The van der Waals surface area contributed by atoms with Crippen LogP contribution in [0.5, 0.6) is 0 Å². The Morgan fingerprint density at radius 2 is 2.17 bits per heavy atom. The van der Waals surface area contributed by atoms with Crippen molar-refractivity contribution in [2.45, 2.75) is 11.4 Å². The Kier molecular flexibility index (Phi) is 4.30. The molecule has 3 nitrogen and oxygen atoms in total. The normalized spacial score (nSPS) is 15.8. The average molecular weight is 360 g/mol. The average Bonchev–Trinajstić information content (AvgIpc) is 3.14. The molecule has 0 radical (unpaired) electrons.